The molecule has 2 aromatic heterocycles. The number of tetrazole rings is 1. The number of hydrogen-bond donors (Lipinski definition) is 1. The summed E-state index contributed by atoms with van der Waals surface area (Å²) in [5.74, 6) is 0.295. The molecule has 2 heterocycles. The second kappa shape index (κ2) is 8.87. The van der Waals surface area contributed by atoms with Gasteiger partial charge in [-0.25, -0.2) is 5.43 Å². The number of benzene rings is 2. The maximum absolute atomic E-state index is 12.3. The Morgan fingerprint density at radius 2 is 1.80 bits per heavy atom. The standard InChI is InChI=1S/C22H19N7O/c1-16(20-8-5-13-23-14-20)24-26-22(30)19-11-9-17(10-12-19)15-29-27-21(25-28-29)18-6-3-2-4-7-18/h2-14H,15H2,1H3,(H,26,30)/b24-16+. The van der Waals surface area contributed by atoms with Crippen LogP contribution in [0.3, 0.4) is 0 Å². The van der Waals surface area contributed by atoms with Gasteiger partial charge < -0.3 is 0 Å². The highest BCUT2D eigenvalue weighted by atomic mass is 16.2. The highest BCUT2D eigenvalue weighted by Gasteiger charge is 2.08. The molecule has 0 unspecified atom stereocenters. The van der Waals surface area contributed by atoms with Crippen molar-refractivity contribution >= 4 is 11.6 Å². The highest BCUT2D eigenvalue weighted by Crippen LogP contribution is 2.12. The zero-order valence-electron chi connectivity index (χ0n) is 16.3. The molecule has 0 bridgehead atoms. The third-order valence-electron chi connectivity index (χ3n) is 4.43. The first-order valence-corrected chi connectivity index (χ1v) is 9.36. The van der Waals surface area contributed by atoms with Gasteiger partial charge in [-0.2, -0.15) is 9.90 Å². The van der Waals surface area contributed by atoms with Crippen LogP contribution in [0.1, 0.15) is 28.4 Å². The number of carbonyl (C=O) groups is 1. The lowest BCUT2D eigenvalue weighted by Crippen LogP contribution is -2.19. The molecule has 0 aliphatic rings. The molecule has 4 rings (SSSR count). The van der Waals surface area contributed by atoms with Gasteiger partial charge in [0.25, 0.3) is 5.91 Å². The van der Waals surface area contributed by atoms with E-state index in [-0.39, 0.29) is 5.91 Å². The molecule has 4 aromatic rings. The first-order valence-electron chi connectivity index (χ1n) is 9.36. The monoisotopic (exact) mass is 397 g/mol. The number of aromatic nitrogens is 5. The Morgan fingerprint density at radius 3 is 2.53 bits per heavy atom. The normalized spacial score (nSPS) is 11.3. The number of nitrogens with one attached hydrogen (secondary N) is 1. The molecular formula is C22H19N7O. The molecule has 0 aliphatic carbocycles. The third kappa shape index (κ3) is 4.61. The van der Waals surface area contributed by atoms with E-state index in [9.17, 15) is 4.79 Å². The summed E-state index contributed by atoms with van der Waals surface area (Å²) >= 11 is 0. The van der Waals surface area contributed by atoms with E-state index in [4.69, 9.17) is 0 Å². The molecule has 0 saturated carbocycles. The number of carbonyl (C=O) groups excluding carboxylic acids is 1. The quantitative estimate of drug-likeness (QED) is 0.398. The zero-order chi connectivity index (χ0) is 20.8. The predicted molar refractivity (Wildman–Crippen MR) is 113 cm³/mol. The van der Waals surface area contributed by atoms with Gasteiger partial charge in [-0.1, -0.05) is 48.5 Å². The lowest BCUT2D eigenvalue weighted by atomic mass is 10.1. The highest BCUT2D eigenvalue weighted by molar-refractivity contribution is 6.00. The Bertz CT molecular complexity index is 1150. The maximum Gasteiger partial charge on any atom is 0.271 e. The first-order chi connectivity index (χ1) is 14.7. The SMILES string of the molecule is C/C(=N\NC(=O)c1ccc(Cn2nnc(-c3ccccc3)n2)cc1)c1cccnc1. The number of nitrogens with zero attached hydrogens (tertiary/aromatic N) is 6. The van der Waals surface area contributed by atoms with Crippen molar-refractivity contribution in [1.82, 2.24) is 30.6 Å². The summed E-state index contributed by atoms with van der Waals surface area (Å²) in [4.78, 5) is 17.9. The van der Waals surface area contributed by atoms with Crippen LogP contribution < -0.4 is 5.43 Å². The Balaban J connectivity index is 1.38. The minimum absolute atomic E-state index is 0.282. The molecule has 8 nitrogen and oxygen atoms in total. The van der Waals surface area contributed by atoms with E-state index in [0.29, 0.717) is 23.6 Å². The fraction of sp³-hybridized carbons (Fsp3) is 0.0909. The van der Waals surface area contributed by atoms with Gasteiger partial charge in [0.05, 0.1) is 12.3 Å². The molecule has 1 N–H and O–H groups in total. The summed E-state index contributed by atoms with van der Waals surface area (Å²) in [5.41, 5.74) is 6.48. The molecular weight excluding hydrogens is 378 g/mol. The van der Waals surface area contributed by atoms with Gasteiger partial charge in [0, 0.05) is 29.1 Å². The smallest absolute Gasteiger partial charge is 0.267 e. The van der Waals surface area contributed by atoms with Gasteiger partial charge in [-0.15, -0.1) is 10.2 Å². The average Bonchev–Trinajstić information content (AvgIpc) is 3.27. The Labute approximate surface area is 173 Å². The zero-order valence-corrected chi connectivity index (χ0v) is 16.3. The van der Waals surface area contributed by atoms with Crippen LogP contribution in [0.2, 0.25) is 0 Å². The molecule has 0 fully saturated rings. The van der Waals surface area contributed by atoms with E-state index in [1.165, 1.54) is 4.80 Å². The molecule has 0 spiro atoms. The summed E-state index contributed by atoms with van der Waals surface area (Å²) in [7, 11) is 0. The first kappa shape index (κ1) is 19.1. The maximum atomic E-state index is 12.3. The molecule has 8 heteroatoms. The van der Waals surface area contributed by atoms with Gasteiger partial charge in [-0.05, 0) is 35.9 Å². The fourth-order valence-electron chi connectivity index (χ4n) is 2.78. The molecule has 0 atom stereocenters. The summed E-state index contributed by atoms with van der Waals surface area (Å²) in [6.45, 7) is 2.27. The van der Waals surface area contributed by atoms with Crippen molar-refractivity contribution in [3.05, 3.63) is 95.8 Å². The number of hydrogen-bond acceptors (Lipinski definition) is 6. The Morgan fingerprint density at radius 1 is 1.00 bits per heavy atom. The van der Waals surface area contributed by atoms with Gasteiger partial charge in [0.15, 0.2) is 0 Å². The lowest BCUT2D eigenvalue weighted by molar-refractivity contribution is 0.0955. The molecule has 0 aliphatic heterocycles. The van der Waals surface area contributed by atoms with Crippen LogP contribution in [0.25, 0.3) is 11.4 Å². The van der Waals surface area contributed by atoms with Crippen molar-refractivity contribution in [1.29, 1.82) is 0 Å². The van der Waals surface area contributed by atoms with Crippen molar-refractivity contribution in [2.45, 2.75) is 13.5 Å². The largest absolute Gasteiger partial charge is 0.271 e. The summed E-state index contributed by atoms with van der Waals surface area (Å²) in [5, 5.41) is 16.7. The number of amides is 1. The fourth-order valence-corrected chi connectivity index (χ4v) is 2.78. The van der Waals surface area contributed by atoms with Crippen molar-refractivity contribution in [3.63, 3.8) is 0 Å². The Hall–Kier alpha value is -4.20. The van der Waals surface area contributed by atoms with Crippen LogP contribution in [-0.2, 0) is 6.54 Å². The van der Waals surface area contributed by atoms with E-state index < -0.39 is 0 Å². The molecule has 30 heavy (non-hydrogen) atoms. The number of hydrazone groups is 1. The summed E-state index contributed by atoms with van der Waals surface area (Å²) in [6, 6.07) is 20.6. The lowest BCUT2D eigenvalue weighted by Gasteiger charge is -2.04. The van der Waals surface area contributed by atoms with Crippen LogP contribution in [0.4, 0.5) is 0 Å². The number of pyridine rings is 1. The van der Waals surface area contributed by atoms with E-state index >= 15 is 0 Å². The van der Waals surface area contributed by atoms with Crippen molar-refractivity contribution < 1.29 is 4.79 Å². The van der Waals surface area contributed by atoms with Crippen LogP contribution in [-0.4, -0.2) is 36.8 Å². The van der Waals surface area contributed by atoms with Crippen molar-refractivity contribution in [2.75, 3.05) is 0 Å². The van der Waals surface area contributed by atoms with E-state index in [0.717, 1.165) is 16.7 Å². The minimum atomic E-state index is -0.282. The van der Waals surface area contributed by atoms with Crippen molar-refractivity contribution in [2.24, 2.45) is 5.10 Å². The third-order valence-corrected chi connectivity index (χ3v) is 4.43. The summed E-state index contributed by atoms with van der Waals surface area (Å²) in [6.07, 6.45) is 3.38. The van der Waals surface area contributed by atoms with Crippen LogP contribution in [0.15, 0.2) is 84.2 Å². The number of rotatable bonds is 6. The Kier molecular flexibility index (Phi) is 5.66. The molecule has 0 saturated heterocycles. The summed E-state index contributed by atoms with van der Waals surface area (Å²) < 4.78 is 0. The second-order valence-corrected chi connectivity index (χ2v) is 6.59. The molecule has 148 valence electrons. The van der Waals surface area contributed by atoms with E-state index in [1.54, 1.807) is 24.5 Å². The second-order valence-electron chi connectivity index (χ2n) is 6.59. The molecule has 1 amide bonds. The van der Waals surface area contributed by atoms with Crippen LogP contribution in [0.5, 0.6) is 0 Å². The van der Waals surface area contributed by atoms with Gasteiger partial charge in [0.1, 0.15) is 0 Å². The minimum Gasteiger partial charge on any atom is -0.267 e. The molecule has 0 radical (unpaired) electrons. The van der Waals surface area contributed by atoms with E-state index in [1.807, 2.05) is 61.5 Å². The van der Waals surface area contributed by atoms with Gasteiger partial charge in [-0.3, -0.25) is 9.78 Å². The van der Waals surface area contributed by atoms with Crippen molar-refractivity contribution in [3.8, 4) is 11.4 Å². The van der Waals surface area contributed by atoms with Crippen LogP contribution >= 0.6 is 0 Å². The van der Waals surface area contributed by atoms with E-state index in [2.05, 4.69) is 30.9 Å². The topological polar surface area (TPSA) is 98.0 Å². The van der Waals surface area contributed by atoms with Crippen LogP contribution in [0, 0.1) is 0 Å². The predicted octanol–water partition coefficient (Wildman–Crippen LogP) is 2.94. The average molecular weight is 397 g/mol. The van der Waals surface area contributed by atoms with Gasteiger partial charge >= 0.3 is 0 Å². The molecule has 2 aromatic carbocycles. The van der Waals surface area contributed by atoms with Gasteiger partial charge in [0.2, 0.25) is 5.82 Å².